The zero-order valence-electron chi connectivity index (χ0n) is 12.9. The minimum atomic E-state index is -0.543. The van der Waals surface area contributed by atoms with Gasteiger partial charge in [0.1, 0.15) is 0 Å². The van der Waals surface area contributed by atoms with Crippen LogP contribution in [-0.4, -0.2) is 46.1 Å². The van der Waals surface area contributed by atoms with Gasteiger partial charge in [-0.1, -0.05) is 18.0 Å². The summed E-state index contributed by atoms with van der Waals surface area (Å²) < 4.78 is 0. The van der Waals surface area contributed by atoms with Crippen LogP contribution >= 0.6 is 11.6 Å². The fraction of sp³-hybridized carbons (Fsp3) is 0.533. The molecular formula is C15H20ClN3O4. The zero-order valence-corrected chi connectivity index (χ0v) is 13.6. The molecule has 1 aromatic carbocycles. The molecule has 2 rings (SSSR count). The maximum Gasteiger partial charge on any atom is 0.271 e. The Labute approximate surface area is 139 Å². The number of aliphatic hydroxyl groups is 1. The van der Waals surface area contributed by atoms with Crippen LogP contribution in [-0.2, 0) is 4.79 Å². The summed E-state index contributed by atoms with van der Waals surface area (Å²) in [6.07, 6.45) is 2.90. The molecule has 1 heterocycles. The number of benzene rings is 1. The second-order valence-corrected chi connectivity index (χ2v) is 6.17. The van der Waals surface area contributed by atoms with Crippen LogP contribution in [0.2, 0.25) is 5.02 Å². The van der Waals surface area contributed by atoms with Crippen LogP contribution in [0.25, 0.3) is 0 Å². The van der Waals surface area contributed by atoms with Gasteiger partial charge in [-0.05, 0) is 25.8 Å². The minimum absolute atomic E-state index is 0.0168. The summed E-state index contributed by atoms with van der Waals surface area (Å²) in [4.78, 5) is 24.4. The third kappa shape index (κ3) is 4.40. The van der Waals surface area contributed by atoms with Crippen molar-refractivity contribution in [3.8, 4) is 0 Å². The highest BCUT2D eigenvalue weighted by Gasteiger charge is 2.29. The summed E-state index contributed by atoms with van der Waals surface area (Å²) in [5, 5.41) is 22.9. The minimum Gasteiger partial charge on any atom is -0.395 e. The van der Waals surface area contributed by atoms with Gasteiger partial charge in [0.2, 0.25) is 5.91 Å². The van der Waals surface area contributed by atoms with Crippen molar-refractivity contribution < 1.29 is 14.8 Å². The molecule has 8 heteroatoms. The number of non-ortho nitro benzene ring substituents is 1. The van der Waals surface area contributed by atoms with Crippen LogP contribution in [0.4, 0.5) is 11.4 Å². The van der Waals surface area contributed by atoms with Gasteiger partial charge in [0, 0.05) is 24.2 Å². The van der Waals surface area contributed by atoms with Crippen LogP contribution < -0.4 is 5.32 Å². The maximum atomic E-state index is 12.2. The highest BCUT2D eigenvalue weighted by atomic mass is 35.5. The molecule has 2 unspecified atom stereocenters. The quantitative estimate of drug-likeness (QED) is 0.633. The summed E-state index contributed by atoms with van der Waals surface area (Å²) in [6.45, 7) is 2.21. The SMILES string of the molecule is CC1CCCC(CO)N1CC(=O)Nc1ccc([N+](=O)[O-])cc1Cl. The maximum absolute atomic E-state index is 12.2. The molecule has 1 aromatic rings. The normalized spacial score (nSPS) is 21.9. The van der Waals surface area contributed by atoms with Crippen molar-refractivity contribution >= 4 is 28.9 Å². The monoisotopic (exact) mass is 341 g/mol. The number of likely N-dealkylation sites (tertiary alicyclic amines) is 1. The first-order valence-electron chi connectivity index (χ1n) is 7.52. The Kier molecular flexibility index (Phi) is 5.92. The van der Waals surface area contributed by atoms with Crippen LogP contribution in [0.3, 0.4) is 0 Å². The molecule has 1 aliphatic rings. The number of nitro benzene ring substituents is 1. The fourth-order valence-corrected chi connectivity index (χ4v) is 3.12. The van der Waals surface area contributed by atoms with Crippen LogP contribution in [0, 0.1) is 10.1 Å². The summed E-state index contributed by atoms with van der Waals surface area (Å²) in [7, 11) is 0. The first kappa shape index (κ1) is 17.7. The van der Waals surface area contributed by atoms with Crippen molar-refractivity contribution in [2.24, 2.45) is 0 Å². The van der Waals surface area contributed by atoms with Crippen LogP contribution in [0.5, 0.6) is 0 Å². The van der Waals surface area contributed by atoms with E-state index in [9.17, 15) is 20.0 Å². The number of halogens is 1. The highest BCUT2D eigenvalue weighted by molar-refractivity contribution is 6.34. The largest absolute Gasteiger partial charge is 0.395 e. The van der Waals surface area contributed by atoms with Gasteiger partial charge < -0.3 is 10.4 Å². The van der Waals surface area contributed by atoms with E-state index in [0.29, 0.717) is 5.69 Å². The van der Waals surface area contributed by atoms with E-state index in [1.165, 1.54) is 18.2 Å². The summed E-state index contributed by atoms with van der Waals surface area (Å²) in [6, 6.07) is 4.12. The number of nitrogens with one attached hydrogen (secondary N) is 1. The van der Waals surface area contributed by atoms with E-state index >= 15 is 0 Å². The number of piperidine rings is 1. The molecule has 2 atom stereocenters. The second kappa shape index (κ2) is 7.72. The van der Waals surface area contributed by atoms with Gasteiger partial charge in [-0.25, -0.2) is 0 Å². The lowest BCUT2D eigenvalue weighted by Gasteiger charge is -2.39. The van der Waals surface area contributed by atoms with E-state index in [1.807, 2.05) is 11.8 Å². The van der Waals surface area contributed by atoms with Crippen molar-refractivity contribution in [2.45, 2.75) is 38.3 Å². The van der Waals surface area contributed by atoms with Crippen molar-refractivity contribution in [3.05, 3.63) is 33.3 Å². The molecule has 0 aromatic heterocycles. The molecule has 23 heavy (non-hydrogen) atoms. The summed E-state index contributed by atoms with van der Waals surface area (Å²) in [5.41, 5.74) is 0.213. The third-order valence-electron chi connectivity index (χ3n) is 4.17. The van der Waals surface area contributed by atoms with E-state index < -0.39 is 4.92 Å². The van der Waals surface area contributed by atoms with Crippen molar-refractivity contribution in [3.63, 3.8) is 0 Å². The molecule has 1 fully saturated rings. The van der Waals surface area contributed by atoms with Crippen LogP contribution in [0.1, 0.15) is 26.2 Å². The fourth-order valence-electron chi connectivity index (χ4n) is 2.90. The highest BCUT2D eigenvalue weighted by Crippen LogP contribution is 2.27. The Morgan fingerprint density at radius 2 is 2.26 bits per heavy atom. The number of nitrogens with zero attached hydrogens (tertiary/aromatic N) is 2. The molecule has 1 amide bonds. The molecule has 0 saturated carbocycles. The van der Waals surface area contributed by atoms with Gasteiger partial charge in [0.15, 0.2) is 0 Å². The zero-order chi connectivity index (χ0) is 17.0. The molecule has 7 nitrogen and oxygen atoms in total. The number of carbonyl (C=O) groups excluding carboxylic acids is 1. The molecular weight excluding hydrogens is 322 g/mol. The van der Waals surface area contributed by atoms with Gasteiger partial charge in [-0.2, -0.15) is 0 Å². The Balaban J connectivity index is 2.02. The lowest BCUT2D eigenvalue weighted by molar-refractivity contribution is -0.384. The number of anilines is 1. The Morgan fingerprint density at radius 3 is 2.87 bits per heavy atom. The smallest absolute Gasteiger partial charge is 0.271 e. The number of amides is 1. The first-order valence-corrected chi connectivity index (χ1v) is 7.90. The molecule has 0 radical (unpaired) electrons. The average molecular weight is 342 g/mol. The Morgan fingerprint density at radius 1 is 1.52 bits per heavy atom. The van der Waals surface area contributed by atoms with Crippen molar-refractivity contribution in [2.75, 3.05) is 18.5 Å². The molecule has 1 aliphatic heterocycles. The molecule has 0 aliphatic carbocycles. The van der Waals surface area contributed by atoms with Gasteiger partial charge >= 0.3 is 0 Å². The molecule has 0 bridgehead atoms. The number of hydrogen-bond acceptors (Lipinski definition) is 5. The predicted molar refractivity (Wildman–Crippen MR) is 87.6 cm³/mol. The summed E-state index contributed by atoms with van der Waals surface area (Å²) in [5.74, 6) is -0.257. The number of hydrogen-bond donors (Lipinski definition) is 2. The van der Waals surface area contributed by atoms with Crippen molar-refractivity contribution in [1.29, 1.82) is 0 Å². The average Bonchev–Trinajstić information content (AvgIpc) is 2.51. The Bertz CT molecular complexity index is 596. The van der Waals surface area contributed by atoms with Gasteiger partial charge in [0.05, 0.1) is 28.8 Å². The van der Waals surface area contributed by atoms with E-state index in [1.54, 1.807) is 0 Å². The molecule has 0 spiro atoms. The lowest BCUT2D eigenvalue weighted by Crippen LogP contribution is -2.50. The molecule has 126 valence electrons. The Hall–Kier alpha value is -1.70. The van der Waals surface area contributed by atoms with E-state index in [4.69, 9.17) is 11.6 Å². The summed E-state index contributed by atoms with van der Waals surface area (Å²) >= 11 is 5.97. The van der Waals surface area contributed by atoms with E-state index in [0.717, 1.165) is 19.3 Å². The van der Waals surface area contributed by atoms with Gasteiger partial charge in [0.25, 0.3) is 5.69 Å². The third-order valence-corrected chi connectivity index (χ3v) is 4.48. The lowest BCUT2D eigenvalue weighted by atomic mass is 9.97. The second-order valence-electron chi connectivity index (χ2n) is 5.76. The van der Waals surface area contributed by atoms with Crippen LogP contribution in [0.15, 0.2) is 18.2 Å². The molecule has 2 N–H and O–H groups in total. The number of nitro groups is 1. The van der Waals surface area contributed by atoms with E-state index in [-0.39, 0.29) is 41.9 Å². The van der Waals surface area contributed by atoms with Gasteiger partial charge in [-0.3, -0.25) is 19.8 Å². The number of aliphatic hydroxyl groups excluding tert-OH is 1. The molecule has 1 saturated heterocycles. The van der Waals surface area contributed by atoms with Gasteiger partial charge in [-0.15, -0.1) is 0 Å². The van der Waals surface area contributed by atoms with E-state index in [2.05, 4.69) is 5.32 Å². The number of rotatable bonds is 5. The predicted octanol–water partition coefficient (Wildman–Crippen LogP) is 2.42. The standard InChI is InChI=1S/C15H20ClN3O4/c1-10-3-2-4-12(9-20)18(10)8-15(21)17-14-6-5-11(19(22)23)7-13(14)16/h5-7,10,12,20H,2-4,8-9H2,1H3,(H,17,21). The number of carbonyl (C=O) groups is 1. The van der Waals surface area contributed by atoms with Crippen molar-refractivity contribution in [1.82, 2.24) is 4.90 Å². The first-order chi connectivity index (χ1) is 10.9. The topological polar surface area (TPSA) is 95.7 Å².